The van der Waals surface area contributed by atoms with Crippen LogP contribution >= 0.6 is 23.5 Å². The largest absolute Gasteiger partial charge is 0.508 e. The monoisotopic (exact) mass is 349 g/mol. The summed E-state index contributed by atoms with van der Waals surface area (Å²) in [5.74, 6) is 1.38. The average molecular weight is 349 g/mol. The van der Waals surface area contributed by atoms with Gasteiger partial charge in [-0.1, -0.05) is 11.8 Å². The van der Waals surface area contributed by atoms with Crippen molar-refractivity contribution in [3.63, 3.8) is 0 Å². The fourth-order valence-electron chi connectivity index (χ4n) is 2.11. The summed E-state index contributed by atoms with van der Waals surface area (Å²) in [6, 6.07) is 6.25. The predicted octanol–water partition coefficient (Wildman–Crippen LogP) is 2.34. The number of nitrogens with one attached hydrogen (secondary N) is 2. The van der Waals surface area contributed by atoms with Gasteiger partial charge in [0.2, 0.25) is 5.91 Å². The normalized spacial score (nSPS) is 14.3. The molecule has 1 aromatic carbocycles. The maximum atomic E-state index is 12.2. The van der Waals surface area contributed by atoms with Crippen molar-refractivity contribution in [2.75, 3.05) is 5.32 Å². The predicted molar refractivity (Wildman–Crippen MR) is 91.9 cm³/mol. The van der Waals surface area contributed by atoms with E-state index in [9.17, 15) is 14.7 Å². The first-order chi connectivity index (χ1) is 11.0. The van der Waals surface area contributed by atoms with Gasteiger partial charge in [-0.15, -0.1) is 0 Å². The van der Waals surface area contributed by atoms with Crippen LogP contribution in [-0.2, 0) is 16.3 Å². The molecule has 1 aliphatic rings. The molecule has 0 saturated heterocycles. The number of thioether (sulfide) groups is 2. The van der Waals surface area contributed by atoms with Crippen molar-refractivity contribution in [2.45, 2.75) is 28.8 Å². The van der Waals surface area contributed by atoms with Gasteiger partial charge < -0.3 is 15.4 Å². The van der Waals surface area contributed by atoms with Gasteiger partial charge in [0.05, 0.1) is 10.9 Å². The third-order valence-corrected chi connectivity index (χ3v) is 5.31. The second-order valence-corrected chi connectivity index (χ2v) is 7.40. The first kappa shape index (κ1) is 15.9. The standard InChI is InChI=1S/C15H15N3O3S2/c1-8(13(20)16-9-2-4-10(19)5-3-9)23-15-17-12-7-22-6-11(12)14(21)18-15/h2-5,8,19H,6-7H2,1H3,(H,16,20)(H,17,18,21). The Balaban J connectivity index is 1.68. The molecule has 1 amide bonds. The molecule has 1 unspecified atom stereocenters. The van der Waals surface area contributed by atoms with Gasteiger partial charge in [-0.05, 0) is 31.2 Å². The molecule has 0 saturated carbocycles. The molecule has 1 aliphatic heterocycles. The number of carbonyl (C=O) groups is 1. The molecule has 6 nitrogen and oxygen atoms in total. The van der Waals surface area contributed by atoms with Crippen LogP contribution in [0.3, 0.4) is 0 Å². The quantitative estimate of drug-likeness (QED) is 0.445. The summed E-state index contributed by atoms with van der Waals surface area (Å²) in [5.41, 5.74) is 2.04. The highest BCUT2D eigenvalue weighted by Crippen LogP contribution is 2.28. The zero-order valence-corrected chi connectivity index (χ0v) is 14.0. The van der Waals surface area contributed by atoms with Crippen LogP contribution in [0.2, 0.25) is 0 Å². The molecule has 0 aliphatic carbocycles. The van der Waals surface area contributed by atoms with Crippen molar-refractivity contribution in [3.05, 3.63) is 45.9 Å². The lowest BCUT2D eigenvalue weighted by Gasteiger charge is -2.12. The number of phenolic OH excluding ortho intramolecular Hbond substituents is 1. The van der Waals surface area contributed by atoms with E-state index in [0.717, 1.165) is 17.0 Å². The zero-order chi connectivity index (χ0) is 16.4. The number of hydrogen-bond donors (Lipinski definition) is 3. The summed E-state index contributed by atoms with van der Waals surface area (Å²) in [7, 11) is 0. The van der Waals surface area contributed by atoms with Crippen LogP contribution in [0.4, 0.5) is 5.69 Å². The number of hydrogen-bond acceptors (Lipinski definition) is 6. The lowest BCUT2D eigenvalue weighted by Crippen LogP contribution is -2.23. The Morgan fingerprint density at radius 2 is 2.13 bits per heavy atom. The average Bonchev–Trinajstić information content (AvgIpc) is 2.98. The van der Waals surface area contributed by atoms with Gasteiger partial charge >= 0.3 is 0 Å². The van der Waals surface area contributed by atoms with E-state index >= 15 is 0 Å². The third kappa shape index (κ3) is 3.70. The highest BCUT2D eigenvalue weighted by molar-refractivity contribution is 8.00. The SMILES string of the molecule is CC(Sc1nc2c(c(=O)[nH]1)CSC2)C(=O)Nc1ccc(O)cc1. The second-order valence-electron chi connectivity index (χ2n) is 5.09. The molecule has 8 heteroatoms. The van der Waals surface area contributed by atoms with Crippen molar-refractivity contribution in [1.82, 2.24) is 9.97 Å². The number of aromatic nitrogens is 2. The van der Waals surface area contributed by atoms with Gasteiger partial charge in [0.25, 0.3) is 5.56 Å². The third-order valence-electron chi connectivity index (χ3n) is 3.36. The highest BCUT2D eigenvalue weighted by Gasteiger charge is 2.21. The molecule has 0 spiro atoms. The first-order valence-electron chi connectivity index (χ1n) is 6.99. The highest BCUT2D eigenvalue weighted by atomic mass is 32.2. The lowest BCUT2D eigenvalue weighted by atomic mass is 10.3. The number of amides is 1. The van der Waals surface area contributed by atoms with Crippen molar-refractivity contribution >= 4 is 35.1 Å². The summed E-state index contributed by atoms with van der Waals surface area (Å²) in [6.07, 6.45) is 0. The molecule has 2 aromatic rings. The maximum Gasteiger partial charge on any atom is 0.255 e. The second kappa shape index (κ2) is 6.67. The van der Waals surface area contributed by atoms with E-state index in [0.29, 0.717) is 16.6 Å². The number of H-pyrrole nitrogens is 1. The van der Waals surface area contributed by atoms with E-state index in [1.54, 1.807) is 30.8 Å². The Hall–Kier alpha value is -1.93. The molecule has 0 bridgehead atoms. The molecule has 3 rings (SSSR count). The number of phenols is 1. The van der Waals surface area contributed by atoms with Gasteiger partial charge in [-0.2, -0.15) is 11.8 Å². The number of rotatable bonds is 4. The van der Waals surface area contributed by atoms with E-state index in [-0.39, 0.29) is 17.2 Å². The first-order valence-corrected chi connectivity index (χ1v) is 9.03. The molecular weight excluding hydrogens is 334 g/mol. The van der Waals surface area contributed by atoms with Crippen LogP contribution in [0.25, 0.3) is 0 Å². The van der Waals surface area contributed by atoms with Crippen LogP contribution in [-0.4, -0.2) is 26.2 Å². The number of aromatic hydroxyl groups is 1. The molecule has 1 atom stereocenters. The van der Waals surface area contributed by atoms with E-state index in [2.05, 4.69) is 15.3 Å². The van der Waals surface area contributed by atoms with Crippen molar-refractivity contribution in [1.29, 1.82) is 0 Å². The molecule has 0 fully saturated rings. The van der Waals surface area contributed by atoms with Crippen LogP contribution in [0.15, 0.2) is 34.2 Å². The topological polar surface area (TPSA) is 95.1 Å². The van der Waals surface area contributed by atoms with Crippen LogP contribution < -0.4 is 10.9 Å². The number of aromatic amines is 1. The Morgan fingerprint density at radius 1 is 1.39 bits per heavy atom. The summed E-state index contributed by atoms with van der Waals surface area (Å²) < 4.78 is 0. The molecule has 2 heterocycles. The number of anilines is 1. The van der Waals surface area contributed by atoms with Gasteiger partial charge in [0.15, 0.2) is 5.16 Å². The Bertz CT molecular complexity index is 790. The van der Waals surface area contributed by atoms with Crippen molar-refractivity contribution < 1.29 is 9.90 Å². The minimum Gasteiger partial charge on any atom is -0.508 e. The molecule has 0 radical (unpaired) electrons. The minimum absolute atomic E-state index is 0.117. The van der Waals surface area contributed by atoms with E-state index in [1.165, 1.54) is 23.9 Å². The zero-order valence-electron chi connectivity index (χ0n) is 12.3. The summed E-state index contributed by atoms with van der Waals surface area (Å²) in [5, 5.41) is 12.0. The van der Waals surface area contributed by atoms with Gasteiger partial charge in [-0.25, -0.2) is 4.98 Å². The number of nitrogens with zero attached hydrogens (tertiary/aromatic N) is 1. The summed E-state index contributed by atoms with van der Waals surface area (Å²) in [4.78, 5) is 31.3. The number of carbonyl (C=O) groups excluding carboxylic acids is 1. The lowest BCUT2D eigenvalue weighted by molar-refractivity contribution is -0.115. The molecule has 1 aromatic heterocycles. The molecular formula is C15H15N3O3S2. The van der Waals surface area contributed by atoms with Gasteiger partial charge in [0, 0.05) is 22.8 Å². The minimum atomic E-state index is -0.418. The van der Waals surface area contributed by atoms with Gasteiger partial charge in [0.1, 0.15) is 5.75 Å². The molecule has 23 heavy (non-hydrogen) atoms. The van der Waals surface area contributed by atoms with Crippen molar-refractivity contribution in [3.8, 4) is 5.75 Å². The van der Waals surface area contributed by atoms with Gasteiger partial charge in [-0.3, -0.25) is 9.59 Å². The molecule has 120 valence electrons. The van der Waals surface area contributed by atoms with Crippen LogP contribution in [0.1, 0.15) is 18.2 Å². The van der Waals surface area contributed by atoms with E-state index in [1.807, 2.05) is 0 Å². The van der Waals surface area contributed by atoms with E-state index in [4.69, 9.17) is 0 Å². The smallest absolute Gasteiger partial charge is 0.255 e. The maximum absolute atomic E-state index is 12.2. The Kier molecular flexibility index (Phi) is 4.63. The Labute approximate surface area is 141 Å². The fourth-order valence-corrected chi connectivity index (χ4v) is 3.96. The van der Waals surface area contributed by atoms with E-state index < -0.39 is 5.25 Å². The Morgan fingerprint density at radius 3 is 2.87 bits per heavy atom. The van der Waals surface area contributed by atoms with Crippen LogP contribution in [0, 0.1) is 0 Å². The fraction of sp³-hybridized carbons (Fsp3) is 0.267. The van der Waals surface area contributed by atoms with Crippen molar-refractivity contribution in [2.24, 2.45) is 0 Å². The molecule has 3 N–H and O–H groups in total. The summed E-state index contributed by atoms with van der Waals surface area (Å²) >= 11 is 2.88. The summed E-state index contributed by atoms with van der Waals surface area (Å²) in [6.45, 7) is 1.75. The number of benzene rings is 1. The number of fused-ring (bicyclic) bond motifs is 1. The van der Waals surface area contributed by atoms with Crippen LogP contribution in [0.5, 0.6) is 5.75 Å².